The van der Waals surface area contributed by atoms with E-state index in [0.717, 1.165) is 16.0 Å². The molecule has 0 spiro atoms. The molecule has 2 amide bonds. The lowest BCUT2D eigenvalue weighted by atomic mass is 10.2. The topological polar surface area (TPSA) is 70.6 Å². The lowest BCUT2D eigenvalue weighted by molar-refractivity contribution is -0.136. The minimum atomic E-state index is -0.845. The van der Waals surface area contributed by atoms with Gasteiger partial charge < -0.3 is 5.32 Å². The predicted molar refractivity (Wildman–Crippen MR) is 89.6 cm³/mol. The normalized spacial score (nSPS) is 10.7. The number of carbonyl (C=O) groups is 2. The summed E-state index contributed by atoms with van der Waals surface area (Å²) in [4.78, 5) is 24.3. The average molecular weight is 336 g/mol. The lowest BCUT2D eigenvalue weighted by Gasteiger charge is -2.05. The molecular formula is C15H14ClN3O2S. The van der Waals surface area contributed by atoms with Crippen LogP contribution in [0, 0.1) is 13.8 Å². The Hall–Kier alpha value is -2.18. The van der Waals surface area contributed by atoms with Crippen LogP contribution in [0.4, 0.5) is 5.69 Å². The molecule has 1 aromatic carbocycles. The number of benzene rings is 1. The molecule has 0 atom stereocenters. The fourth-order valence-corrected chi connectivity index (χ4v) is 2.54. The van der Waals surface area contributed by atoms with Crippen molar-refractivity contribution in [2.24, 2.45) is 5.10 Å². The molecule has 0 saturated heterocycles. The van der Waals surface area contributed by atoms with E-state index in [-0.39, 0.29) is 0 Å². The van der Waals surface area contributed by atoms with Crippen molar-refractivity contribution in [2.75, 3.05) is 5.32 Å². The summed E-state index contributed by atoms with van der Waals surface area (Å²) in [7, 11) is 0. The van der Waals surface area contributed by atoms with Crippen molar-refractivity contribution in [2.45, 2.75) is 13.8 Å². The summed E-state index contributed by atoms with van der Waals surface area (Å²) in [6, 6.07) is 6.96. The molecule has 0 aliphatic rings. The molecular weight excluding hydrogens is 322 g/mol. The fraction of sp³-hybridized carbons (Fsp3) is 0.133. The van der Waals surface area contributed by atoms with E-state index in [2.05, 4.69) is 15.8 Å². The highest BCUT2D eigenvalue weighted by Crippen LogP contribution is 2.19. The maximum Gasteiger partial charge on any atom is 0.329 e. The summed E-state index contributed by atoms with van der Waals surface area (Å²) in [6.07, 6.45) is 1.51. The third-order valence-electron chi connectivity index (χ3n) is 2.89. The summed E-state index contributed by atoms with van der Waals surface area (Å²) >= 11 is 7.46. The number of rotatable bonds is 3. The molecule has 0 saturated carbocycles. The van der Waals surface area contributed by atoms with Crippen LogP contribution in [0.2, 0.25) is 5.02 Å². The zero-order valence-electron chi connectivity index (χ0n) is 12.0. The molecule has 0 fully saturated rings. The number of thiophene rings is 1. The third-order valence-corrected chi connectivity index (χ3v) is 4.25. The zero-order chi connectivity index (χ0) is 16.1. The molecule has 5 nitrogen and oxygen atoms in total. The number of hydrogen-bond acceptors (Lipinski definition) is 4. The van der Waals surface area contributed by atoms with Crippen LogP contribution in [0.15, 0.2) is 34.7 Å². The molecule has 0 unspecified atom stereocenters. The first-order chi connectivity index (χ1) is 10.5. The van der Waals surface area contributed by atoms with Gasteiger partial charge in [-0.05, 0) is 48.6 Å². The van der Waals surface area contributed by atoms with Crippen molar-refractivity contribution >= 4 is 46.7 Å². The van der Waals surface area contributed by atoms with Gasteiger partial charge in [0.2, 0.25) is 0 Å². The Kier molecular flexibility index (Phi) is 5.30. The molecule has 1 aromatic heterocycles. The third kappa shape index (κ3) is 4.16. The van der Waals surface area contributed by atoms with Crippen LogP contribution >= 0.6 is 22.9 Å². The van der Waals surface area contributed by atoms with Crippen LogP contribution in [0.3, 0.4) is 0 Å². The van der Waals surface area contributed by atoms with Gasteiger partial charge >= 0.3 is 11.8 Å². The highest BCUT2D eigenvalue weighted by Gasteiger charge is 2.13. The van der Waals surface area contributed by atoms with Gasteiger partial charge in [0.1, 0.15) is 0 Å². The molecule has 0 bridgehead atoms. The van der Waals surface area contributed by atoms with Crippen LogP contribution in [0.25, 0.3) is 0 Å². The zero-order valence-corrected chi connectivity index (χ0v) is 13.6. The van der Waals surface area contributed by atoms with E-state index in [4.69, 9.17) is 11.6 Å². The van der Waals surface area contributed by atoms with Crippen molar-refractivity contribution in [3.05, 3.63) is 50.7 Å². The average Bonchev–Trinajstić information content (AvgIpc) is 2.88. The summed E-state index contributed by atoms with van der Waals surface area (Å²) in [5.74, 6) is -1.65. The van der Waals surface area contributed by atoms with E-state index in [9.17, 15) is 9.59 Å². The molecule has 0 radical (unpaired) electrons. The first kappa shape index (κ1) is 16.2. The minimum Gasteiger partial charge on any atom is -0.318 e. The SMILES string of the molecule is Cc1ccc(NC(=O)C(=O)N/N=C/c2sccc2C)cc1Cl. The van der Waals surface area contributed by atoms with Crippen molar-refractivity contribution in [1.82, 2.24) is 5.43 Å². The van der Waals surface area contributed by atoms with Gasteiger partial charge in [0.05, 0.1) is 6.21 Å². The highest BCUT2D eigenvalue weighted by molar-refractivity contribution is 7.11. The summed E-state index contributed by atoms with van der Waals surface area (Å²) in [5, 5.41) is 8.67. The molecule has 1 heterocycles. The first-order valence-electron chi connectivity index (χ1n) is 6.42. The summed E-state index contributed by atoms with van der Waals surface area (Å²) in [5.41, 5.74) is 4.59. The predicted octanol–water partition coefficient (Wildman–Crippen LogP) is 3.11. The maximum atomic E-state index is 11.7. The van der Waals surface area contributed by atoms with E-state index in [1.807, 2.05) is 25.3 Å². The number of nitrogens with zero attached hydrogens (tertiary/aromatic N) is 1. The van der Waals surface area contributed by atoms with Crippen molar-refractivity contribution < 1.29 is 9.59 Å². The van der Waals surface area contributed by atoms with Gasteiger partial charge in [-0.25, -0.2) is 5.43 Å². The van der Waals surface area contributed by atoms with Crippen LogP contribution in [-0.2, 0) is 9.59 Å². The summed E-state index contributed by atoms with van der Waals surface area (Å²) in [6.45, 7) is 3.79. The Labute approximate surface area is 137 Å². The van der Waals surface area contributed by atoms with Gasteiger partial charge in [0.15, 0.2) is 0 Å². The van der Waals surface area contributed by atoms with Crippen LogP contribution < -0.4 is 10.7 Å². The molecule has 2 N–H and O–H groups in total. The summed E-state index contributed by atoms with van der Waals surface area (Å²) < 4.78 is 0. The Morgan fingerprint density at radius 3 is 2.59 bits per heavy atom. The van der Waals surface area contributed by atoms with Gasteiger partial charge in [-0.15, -0.1) is 11.3 Å². The Bertz CT molecular complexity index is 740. The number of aryl methyl sites for hydroxylation is 2. The van der Waals surface area contributed by atoms with Gasteiger partial charge in [0, 0.05) is 15.6 Å². The van der Waals surface area contributed by atoms with E-state index < -0.39 is 11.8 Å². The van der Waals surface area contributed by atoms with Crippen molar-refractivity contribution in [3.8, 4) is 0 Å². The number of carbonyl (C=O) groups excluding carboxylic acids is 2. The van der Waals surface area contributed by atoms with Gasteiger partial charge in [0.25, 0.3) is 0 Å². The molecule has 0 aliphatic heterocycles. The molecule has 22 heavy (non-hydrogen) atoms. The van der Waals surface area contributed by atoms with E-state index in [1.165, 1.54) is 17.6 Å². The molecule has 7 heteroatoms. The Balaban J connectivity index is 1.92. The minimum absolute atomic E-state index is 0.453. The second-order valence-corrected chi connectivity index (χ2v) is 5.94. The van der Waals surface area contributed by atoms with Crippen molar-refractivity contribution in [3.63, 3.8) is 0 Å². The standard InChI is InChI=1S/C15H14ClN3O2S/c1-9-3-4-11(7-12(9)16)18-14(20)15(21)19-17-8-13-10(2)5-6-22-13/h3-8H,1-2H3,(H,18,20)(H,19,21)/b17-8+. The monoisotopic (exact) mass is 335 g/mol. The molecule has 2 rings (SSSR count). The lowest BCUT2D eigenvalue weighted by Crippen LogP contribution is -2.32. The Morgan fingerprint density at radius 1 is 1.18 bits per heavy atom. The van der Waals surface area contributed by atoms with Gasteiger partial charge in [-0.2, -0.15) is 5.10 Å². The number of hydrogen-bond donors (Lipinski definition) is 2. The number of nitrogens with one attached hydrogen (secondary N) is 2. The van der Waals surface area contributed by atoms with Crippen LogP contribution in [0.1, 0.15) is 16.0 Å². The Morgan fingerprint density at radius 2 is 1.95 bits per heavy atom. The second-order valence-electron chi connectivity index (χ2n) is 4.59. The number of halogens is 1. The van der Waals surface area contributed by atoms with Gasteiger partial charge in [-0.3, -0.25) is 9.59 Å². The van der Waals surface area contributed by atoms with Crippen molar-refractivity contribution in [1.29, 1.82) is 0 Å². The quantitative estimate of drug-likeness (QED) is 0.514. The second kappa shape index (κ2) is 7.20. The van der Waals surface area contributed by atoms with Crippen LogP contribution in [-0.4, -0.2) is 18.0 Å². The largest absolute Gasteiger partial charge is 0.329 e. The van der Waals surface area contributed by atoms with E-state index in [0.29, 0.717) is 10.7 Å². The highest BCUT2D eigenvalue weighted by atomic mass is 35.5. The smallest absolute Gasteiger partial charge is 0.318 e. The molecule has 0 aliphatic carbocycles. The van der Waals surface area contributed by atoms with Crippen LogP contribution in [0.5, 0.6) is 0 Å². The number of amides is 2. The maximum absolute atomic E-state index is 11.7. The van der Waals surface area contributed by atoms with E-state index in [1.54, 1.807) is 18.2 Å². The first-order valence-corrected chi connectivity index (χ1v) is 7.68. The molecule has 114 valence electrons. The fourth-order valence-electron chi connectivity index (χ4n) is 1.58. The van der Waals surface area contributed by atoms with E-state index >= 15 is 0 Å². The molecule has 2 aromatic rings. The number of hydrazone groups is 1. The van der Waals surface area contributed by atoms with Gasteiger partial charge in [-0.1, -0.05) is 17.7 Å². The number of anilines is 1.